The van der Waals surface area contributed by atoms with Crippen LogP contribution in [0.5, 0.6) is 5.75 Å². The van der Waals surface area contributed by atoms with Crippen LogP contribution >= 0.6 is 0 Å². The summed E-state index contributed by atoms with van der Waals surface area (Å²) in [5, 5.41) is 13.0. The average Bonchev–Trinajstić information content (AvgIpc) is 2.39. The molecule has 2 nitrogen and oxygen atoms in total. The van der Waals surface area contributed by atoms with Crippen LogP contribution in [0.15, 0.2) is 48.5 Å². The lowest BCUT2D eigenvalue weighted by molar-refractivity contribution is 0.475. The lowest BCUT2D eigenvalue weighted by Crippen LogP contribution is -2.17. The molecule has 0 saturated heterocycles. The molecule has 0 amide bonds. The first-order chi connectivity index (χ1) is 8.83. The van der Waals surface area contributed by atoms with E-state index < -0.39 is 0 Å². The van der Waals surface area contributed by atoms with Gasteiger partial charge in [-0.25, -0.2) is 0 Å². The summed E-state index contributed by atoms with van der Waals surface area (Å²) in [6.45, 7) is 0. The maximum Gasteiger partial charge on any atom is 0.117 e. The van der Waals surface area contributed by atoms with Crippen molar-refractivity contribution in [3.63, 3.8) is 0 Å². The van der Waals surface area contributed by atoms with Gasteiger partial charge in [0.05, 0.1) is 6.04 Å². The molecule has 92 valence electrons. The molecule has 1 unspecified atom stereocenters. The fraction of sp³-hybridized carbons (Fsp3) is 0.250. The molecule has 0 heterocycles. The van der Waals surface area contributed by atoms with E-state index in [4.69, 9.17) is 0 Å². The number of fused-ring (bicyclic) bond motifs is 1. The minimum absolute atomic E-state index is 0.309. The molecule has 0 fully saturated rings. The summed E-state index contributed by atoms with van der Waals surface area (Å²) in [6, 6.07) is 16.3. The van der Waals surface area contributed by atoms with Crippen LogP contribution in [-0.2, 0) is 6.42 Å². The SMILES string of the molecule is Oc1cccc(NC2CCCc3ccccc32)c1. The van der Waals surface area contributed by atoms with Crippen molar-refractivity contribution in [2.75, 3.05) is 5.32 Å². The summed E-state index contributed by atoms with van der Waals surface area (Å²) >= 11 is 0. The maximum atomic E-state index is 9.50. The van der Waals surface area contributed by atoms with Gasteiger partial charge in [0, 0.05) is 11.8 Å². The number of aryl methyl sites for hydroxylation is 1. The Morgan fingerprint density at radius 2 is 1.94 bits per heavy atom. The van der Waals surface area contributed by atoms with Crippen molar-refractivity contribution in [1.29, 1.82) is 0 Å². The van der Waals surface area contributed by atoms with Crippen LogP contribution in [-0.4, -0.2) is 5.11 Å². The lowest BCUT2D eigenvalue weighted by atomic mass is 9.87. The van der Waals surface area contributed by atoms with Crippen LogP contribution < -0.4 is 5.32 Å². The number of nitrogens with one attached hydrogen (secondary N) is 1. The molecule has 2 aromatic rings. The first-order valence-electron chi connectivity index (χ1n) is 6.46. The van der Waals surface area contributed by atoms with E-state index in [1.54, 1.807) is 12.1 Å². The molecule has 0 aromatic heterocycles. The minimum Gasteiger partial charge on any atom is -0.508 e. The van der Waals surface area contributed by atoms with Gasteiger partial charge in [0.15, 0.2) is 0 Å². The third-order valence-corrected chi connectivity index (χ3v) is 3.56. The van der Waals surface area contributed by atoms with Gasteiger partial charge >= 0.3 is 0 Å². The van der Waals surface area contributed by atoms with Gasteiger partial charge in [-0.05, 0) is 42.5 Å². The standard InChI is InChI=1S/C16H17NO/c18-14-8-4-7-13(11-14)17-16-10-3-6-12-5-1-2-9-15(12)16/h1-2,4-5,7-9,11,16-18H,3,6,10H2. The van der Waals surface area contributed by atoms with Gasteiger partial charge in [-0.1, -0.05) is 30.3 Å². The number of rotatable bonds is 2. The first kappa shape index (κ1) is 11.1. The van der Waals surface area contributed by atoms with Gasteiger partial charge in [-0.2, -0.15) is 0 Å². The van der Waals surface area contributed by atoms with E-state index >= 15 is 0 Å². The van der Waals surface area contributed by atoms with Crippen LogP contribution in [0.4, 0.5) is 5.69 Å². The third kappa shape index (κ3) is 2.19. The van der Waals surface area contributed by atoms with Gasteiger partial charge in [-0.15, -0.1) is 0 Å². The molecule has 1 atom stereocenters. The smallest absolute Gasteiger partial charge is 0.117 e. The third-order valence-electron chi connectivity index (χ3n) is 3.56. The highest BCUT2D eigenvalue weighted by atomic mass is 16.3. The Bertz CT molecular complexity index is 550. The van der Waals surface area contributed by atoms with Gasteiger partial charge in [-0.3, -0.25) is 0 Å². The van der Waals surface area contributed by atoms with Crippen LogP contribution in [0.25, 0.3) is 0 Å². The molecule has 2 aromatic carbocycles. The molecule has 2 heteroatoms. The summed E-state index contributed by atoms with van der Waals surface area (Å²) < 4.78 is 0. The van der Waals surface area contributed by atoms with Gasteiger partial charge in [0.2, 0.25) is 0 Å². The van der Waals surface area contributed by atoms with E-state index in [9.17, 15) is 5.11 Å². The summed E-state index contributed by atoms with van der Waals surface area (Å²) in [7, 11) is 0. The minimum atomic E-state index is 0.309. The number of hydrogen-bond donors (Lipinski definition) is 2. The predicted octanol–water partition coefficient (Wildman–Crippen LogP) is 3.88. The van der Waals surface area contributed by atoms with Crippen molar-refractivity contribution in [2.45, 2.75) is 25.3 Å². The monoisotopic (exact) mass is 239 g/mol. The van der Waals surface area contributed by atoms with Crippen LogP contribution in [0.1, 0.15) is 30.0 Å². The Morgan fingerprint density at radius 1 is 1.06 bits per heavy atom. The second-order valence-electron chi connectivity index (χ2n) is 4.84. The second-order valence-corrected chi connectivity index (χ2v) is 4.84. The first-order valence-corrected chi connectivity index (χ1v) is 6.46. The average molecular weight is 239 g/mol. The molecule has 0 bridgehead atoms. The fourth-order valence-electron chi connectivity index (χ4n) is 2.70. The van der Waals surface area contributed by atoms with Crippen LogP contribution in [0.3, 0.4) is 0 Å². The molecule has 0 radical (unpaired) electrons. The van der Waals surface area contributed by atoms with E-state index in [1.165, 1.54) is 24.0 Å². The lowest BCUT2D eigenvalue weighted by Gasteiger charge is -2.27. The molecule has 2 N–H and O–H groups in total. The number of hydrogen-bond acceptors (Lipinski definition) is 2. The summed E-state index contributed by atoms with van der Waals surface area (Å²) in [5.74, 6) is 0.309. The molecule has 3 rings (SSSR count). The van der Waals surface area contributed by atoms with E-state index in [2.05, 4.69) is 29.6 Å². The summed E-state index contributed by atoms with van der Waals surface area (Å²) in [4.78, 5) is 0. The molecular weight excluding hydrogens is 222 g/mol. The Hall–Kier alpha value is -1.96. The number of phenols is 1. The number of phenolic OH excluding ortho intramolecular Hbond substituents is 1. The molecule has 18 heavy (non-hydrogen) atoms. The van der Waals surface area contributed by atoms with Gasteiger partial charge < -0.3 is 10.4 Å². The Balaban J connectivity index is 1.86. The molecule has 0 spiro atoms. The van der Waals surface area contributed by atoms with Crippen molar-refractivity contribution in [1.82, 2.24) is 0 Å². The highest BCUT2D eigenvalue weighted by Crippen LogP contribution is 2.32. The summed E-state index contributed by atoms with van der Waals surface area (Å²) in [6.07, 6.45) is 3.54. The molecule has 0 saturated carbocycles. The van der Waals surface area contributed by atoms with Crippen LogP contribution in [0, 0.1) is 0 Å². The van der Waals surface area contributed by atoms with Crippen molar-refractivity contribution >= 4 is 5.69 Å². The summed E-state index contributed by atoms with van der Waals surface area (Å²) in [5.41, 5.74) is 3.82. The van der Waals surface area contributed by atoms with Gasteiger partial charge in [0.25, 0.3) is 0 Å². The second kappa shape index (κ2) is 4.73. The number of anilines is 1. The highest BCUT2D eigenvalue weighted by molar-refractivity contribution is 5.50. The van der Waals surface area contributed by atoms with E-state index in [-0.39, 0.29) is 0 Å². The zero-order chi connectivity index (χ0) is 12.4. The van der Waals surface area contributed by atoms with E-state index in [0.29, 0.717) is 11.8 Å². The van der Waals surface area contributed by atoms with Crippen molar-refractivity contribution in [3.05, 3.63) is 59.7 Å². The maximum absolute atomic E-state index is 9.50. The highest BCUT2D eigenvalue weighted by Gasteiger charge is 2.19. The molecule has 0 aliphatic heterocycles. The fourth-order valence-corrected chi connectivity index (χ4v) is 2.70. The topological polar surface area (TPSA) is 32.3 Å². The molecular formula is C16H17NO. The number of benzene rings is 2. The van der Waals surface area contributed by atoms with Crippen molar-refractivity contribution < 1.29 is 5.11 Å². The normalized spacial score (nSPS) is 18.1. The Morgan fingerprint density at radius 3 is 2.83 bits per heavy atom. The largest absolute Gasteiger partial charge is 0.508 e. The zero-order valence-corrected chi connectivity index (χ0v) is 10.3. The Kier molecular flexibility index (Phi) is 2.93. The quantitative estimate of drug-likeness (QED) is 0.833. The molecule has 1 aliphatic carbocycles. The number of aromatic hydroxyl groups is 1. The van der Waals surface area contributed by atoms with Gasteiger partial charge in [0.1, 0.15) is 5.75 Å². The zero-order valence-electron chi connectivity index (χ0n) is 10.3. The Labute approximate surface area is 107 Å². The van der Waals surface area contributed by atoms with Crippen molar-refractivity contribution in [3.8, 4) is 5.75 Å². The van der Waals surface area contributed by atoms with E-state index in [1.807, 2.05) is 12.1 Å². The van der Waals surface area contributed by atoms with E-state index in [0.717, 1.165) is 12.1 Å². The van der Waals surface area contributed by atoms with Crippen molar-refractivity contribution in [2.24, 2.45) is 0 Å². The predicted molar refractivity (Wildman–Crippen MR) is 73.9 cm³/mol. The molecule has 1 aliphatic rings. The van der Waals surface area contributed by atoms with Crippen LogP contribution in [0.2, 0.25) is 0 Å².